The Kier molecular flexibility index (Phi) is 4.01. The van der Waals surface area contributed by atoms with Crippen LogP contribution in [0.15, 0.2) is 6.07 Å². The fourth-order valence-electron chi connectivity index (χ4n) is 2.27. The van der Waals surface area contributed by atoms with Crippen molar-refractivity contribution >= 4 is 11.6 Å². The van der Waals surface area contributed by atoms with E-state index < -0.39 is 0 Å². The van der Waals surface area contributed by atoms with Crippen molar-refractivity contribution in [2.75, 3.05) is 30.4 Å². The minimum atomic E-state index is -0.183. The topological polar surface area (TPSA) is 61.3 Å². The van der Waals surface area contributed by atoms with Gasteiger partial charge in [-0.1, -0.05) is 13.8 Å². The first-order chi connectivity index (χ1) is 8.63. The molecule has 0 spiro atoms. The minimum Gasteiger partial charge on any atom is -0.393 e. The second-order valence-electron chi connectivity index (χ2n) is 4.91. The first-order valence-corrected chi connectivity index (χ1v) is 6.62. The summed E-state index contributed by atoms with van der Waals surface area (Å²) in [5, 5.41) is 12.8. The summed E-state index contributed by atoms with van der Waals surface area (Å²) in [5.74, 6) is 2.97. The second kappa shape index (κ2) is 5.52. The van der Waals surface area contributed by atoms with Crippen LogP contribution in [0.4, 0.5) is 11.6 Å². The SMILES string of the molecule is CCc1nc(NC)cc(N2CCC(O)C(C)C2)n1. The maximum absolute atomic E-state index is 9.77. The molecule has 0 aromatic carbocycles. The molecule has 5 heteroatoms. The quantitative estimate of drug-likeness (QED) is 0.846. The van der Waals surface area contributed by atoms with Crippen LogP contribution < -0.4 is 10.2 Å². The third-order valence-corrected chi connectivity index (χ3v) is 3.52. The Hall–Kier alpha value is -1.36. The predicted molar refractivity (Wildman–Crippen MR) is 73.0 cm³/mol. The largest absolute Gasteiger partial charge is 0.393 e. The number of piperidine rings is 1. The number of nitrogens with zero attached hydrogens (tertiary/aromatic N) is 3. The first kappa shape index (κ1) is 13.1. The van der Waals surface area contributed by atoms with Crippen molar-refractivity contribution in [2.24, 2.45) is 5.92 Å². The van der Waals surface area contributed by atoms with Crippen LogP contribution in [0, 0.1) is 5.92 Å². The van der Waals surface area contributed by atoms with Gasteiger partial charge in [0.05, 0.1) is 6.10 Å². The lowest BCUT2D eigenvalue weighted by Gasteiger charge is -2.35. The van der Waals surface area contributed by atoms with Gasteiger partial charge in [-0.05, 0) is 12.3 Å². The van der Waals surface area contributed by atoms with E-state index in [1.54, 1.807) is 0 Å². The average molecular weight is 250 g/mol. The molecule has 5 nitrogen and oxygen atoms in total. The van der Waals surface area contributed by atoms with Gasteiger partial charge >= 0.3 is 0 Å². The molecule has 2 N–H and O–H groups in total. The molecular weight excluding hydrogens is 228 g/mol. The smallest absolute Gasteiger partial charge is 0.134 e. The summed E-state index contributed by atoms with van der Waals surface area (Å²) in [4.78, 5) is 11.2. The van der Waals surface area contributed by atoms with Crippen LogP contribution in [0.25, 0.3) is 0 Å². The standard InChI is InChI=1S/C13H22N4O/c1-4-11-15-12(14-3)7-13(16-11)17-6-5-10(18)9(2)8-17/h7,9-10,18H,4-6,8H2,1-3H3,(H,14,15,16). The second-order valence-corrected chi connectivity index (χ2v) is 4.91. The number of aliphatic hydroxyl groups excluding tert-OH is 1. The fraction of sp³-hybridized carbons (Fsp3) is 0.692. The number of hydrogen-bond acceptors (Lipinski definition) is 5. The molecular formula is C13H22N4O. The van der Waals surface area contributed by atoms with Gasteiger partial charge in [0, 0.05) is 32.6 Å². The van der Waals surface area contributed by atoms with Crippen LogP contribution in [-0.2, 0) is 6.42 Å². The van der Waals surface area contributed by atoms with E-state index in [1.807, 2.05) is 13.1 Å². The van der Waals surface area contributed by atoms with Crippen LogP contribution in [0.1, 0.15) is 26.1 Å². The van der Waals surface area contributed by atoms with Gasteiger partial charge in [0.15, 0.2) is 0 Å². The summed E-state index contributed by atoms with van der Waals surface area (Å²) in [6, 6.07) is 1.98. The van der Waals surface area contributed by atoms with E-state index in [0.29, 0.717) is 0 Å². The summed E-state index contributed by atoms with van der Waals surface area (Å²) in [5.41, 5.74) is 0. The summed E-state index contributed by atoms with van der Waals surface area (Å²) in [6.07, 6.45) is 1.45. The molecule has 2 rings (SSSR count). The normalized spacial score (nSPS) is 24.1. The zero-order valence-corrected chi connectivity index (χ0v) is 11.3. The monoisotopic (exact) mass is 250 g/mol. The van der Waals surface area contributed by atoms with Gasteiger partial charge in [0.25, 0.3) is 0 Å². The number of aromatic nitrogens is 2. The molecule has 0 amide bonds. The van der Waals surface area contributed by atoms with Gasteiger partial charge in [0.2, 0.25) is 0 Å². The highest BCUT2D eigenvalue weighted by Gasteiger charge is 2.25. The van der Waals surface area contributed by atoms with E-state index in [-0.39, 0.29) is 12.0 Å². The molecule has 100 valence electrons. The molecule has 2 atom stereocenters. The zero-order chi connectivity index (χ0) is 13.1. The lowest BCUT2D eigenvalue weighted by molar-refractivity contribution is 0.0969. The first-order valence-electron chi connectivity index (χ1n) is 6.62. The molecule has 0 bridgehead atoms. The lowest BCUT2D eigenvalue weighted by Crippen LogP contribution is -2.42. The maximum Gasteiger partial charge on any atom is 0.134 e. The number of hydrogen-bond donors (Lipinski definition) is 2. The van der Waals surface area contributed by atoms with Crippen LogP contribution in [-0.4, -0.2) is 41.3 Å². The molecule has 1 aliphatic rings. The average Bonchev–Trinajstić information content (AvgIpc) is 2.41. The van der Waals surface area contributed by atoms with Crippen LogP contribution in [0.5, 0.6) is 0 Å². The van der Waals surface area contributed by atoms with Crippen molar-refractivity contribution in [3.8, 4) is 0 Å². The van der Waals surface area contributed by atoms with Crippen LogP contribution in [0.2, 0.25) is 0 Å². The van der Waals surface area contributed by atoms with E-state index in [0.717, 1.165) is 43.4 Å². The summed E-state index contributed by atoms with van der Waals surface area (Å²) >= 11 is 0. The van der Waals surface area contributed by atoms with E-state index in [9.17, 15) is 5.11 Å². The van der Waals surface area contributed by atoms with Gasteiger partial charge in [-0.3, -0.25) is 0 Å². The van der Waals surface area contributed by atoms with E-state index in [4.69, 9.17) is 0 Å². The van der Waals surface area contributed by atoms with Gasteiger partial charge in [-0.15, -0.1) is 0 Å². The molecule has 1 aromatic rings. The Balaban J connectivity index is 2.22. The van der Waals surface area contributed by atoms with Crippen molar-refractivity contribution in [3.63, 3.8) is 0 Å². The van der Waals surface area contributed by atoms with Gasteiger partial charge in [0.1, 0.15) is 17.5 Å². The molecule has 18 heavy (non-hydrogen) atoms. The molecule has 2 unspecified atom stereocenters. The summed E-state index contributed by atoms with van der Waals surface area (Å²) in [6.45, 7) is 5.85. The molecule has 1 aliphatic heterocycles. The lowest BCUT2D eigenvalue weighted by atomic mass is 9.97. The Morgan fingerprint density at radius 1 is 1.50 bits per heavy atom. The van der Waals surface area contributed by atoms with Crippen molar-refractivity contribution in [1.82, 2.24) is 9.97 Å². The highest BCUT2D eigenvalue weighted by atomic mass is 16.3. The number of aliphatic hydroxyl groups is 1. The van der Waals surface area contributed by atoms with Crippen molar-refractivity contribution in [1.29, 1.82) is 0 Å². The maximum atomic E-state index is 9.77. The predicted octanol–water partition coefficient (Wildman–Crippen LogP) is 1.29. The highest BCUT2D eigenvalue weighted by molar-refractivity contribution is 5.49. The number of rotatable bonds is 3. The van der Waals surface area contributed by atoms with Crippen LogP contribution >= 0.6 is 0 Å². The molecule has 0 aliphatic carbocycles. The zero-order valence-electron chi connectivity index (χ0n) is 11.3. The third kappa shape index (κ3) is 2.72. The summed E-state index contributed by atoms with van der Waals surface area (Å²) < 4.78 is 0. The third-order valence-electron chi connectivity index (χ3n) is 3.52. The number of nitrogens with one attached hydrogen (secondary N) is 1. The highest BCUT2D eigenvalue weighted by Crippen LogP contribution is 2.23. The van der Waals surface area contributed by atoms with Gasteiger partial charge < -0.3 is 15.3 Å². The Labute approximate surface area is 108 Å². The Morgan fingerprint density at radius 3 is 2.89 bits per heavy atom. The number of anilines is 2. The molecule has 1 aromatic heterocycles. The fourth-order valence-corrected chi connectivity index (χ4v) is 2.27. The van der Waals surface area contributed by atoms with E-state index >= 15 is 0 Å². The van der Waals surface area contributed by atoms with Crippen molar-refractivity contribution in [2.45, 2.75) is 32.8 Å². The molecule has 1 fully saturated rings. The molecule has 0 radical (unpaired) electrons. The van der Waals surface area contributed by atoms with E-state index in [1.165, 1.54) is 0 Å². The molecule has 0 saturated carbocycles. The minimum absolute atomic E-state index is 0.183. The molecule has 1 saturated heterocycles. The van der Waals surface area contributed by atoms with Gasteiger partial charge in [-0.2, -0.15) is 0 Å². The van der Waals surface area contributed by atoms with Crippen LogP contribution in [0.3, 0.4) is 0 Å². The number of aryl methyl sites for hydroxylation is 1. The Morgan fingerprint density at radius 2 is 2.28 bits per heavy atom. The van der Waals surface area contributed by atoms with Crippen molar-refractivity contribution in [3.05, 3.63) is 11.9 Å². The molecule has 2 heterocycles. The van der Waals surface area contributed by atoms with Crippen molar-refractivity contribution < 1.29 is 5.11 Å². The van der Waals surface area contributed by atoms with Gasteiger partial charge in [-0.25, -0.2) is 9.97 Å². The summed E-state index contributed by atoms with van der Waals surface area (Å²) in [7, 11) is 1.87. The Bertz CT molecular complexity index is 388. The van der Waals surface area contributed by atoms with E-state index in [2.05, 4.69) is 34.0 Å².